The third kappa shape index (κ3) is 39.0. The zero-order chi connectivity index (χ0) is 39.3. The van der Waals surface area contributed by atoms with Gasteiger partial charge >= 0.3 is 0 Å². The number of quaternary nitrogens is 1. The maximum atomic E-state index is 12.8. The molecule has 9 heteroatoms. The lowest BCUT2D eigenvalue weighted by atomic mass is 10.0. The Morgan fingerprint density at radius 2 is 1.06 bits per heavy atom. The Hall–Kier alpha value is -1.02. The molecule has 0 radical (unpaired) electrons. The minimum Gasteiger partial charge on any atom is -0.756 e. The predicted molar refractivity (Wildman–Crippen MR) is 224 cm³/mol. The number of allylic oxidation sites excluding steroid dienone is 3. The molecule has 0 heterocycles. The van der Waals surface area contributed by atoms with E-state index in [0.717, 1.165) is 38.5 Å². The van der Waals surface area contributed by atoms with Crippen LogP contribution in [0.15, 0.2) is 24.3 Å². The molecule has 0 saturated heterocycles. The largest absolute Gasteiger partial charge is 0.756 e. The van der Waals surface area contributed by atoms with Crippen LogP contribution in [0.25, 0.3) is 0 Å². The summed E-state index contributed by atoms with van der Waals surface area (Å²) in [7, 11) is 1.25. The number of rotatable bonds is 40. The van der Waals surface area contributed by atoms with Crippen molar-refractivity contribution in [2.24, 2.45) is 0 Å². The minimum absolute atomic E-state index is 0.00451. The van der Waals surface area contributed by atoms with Gasteiger partial charge in [-0.3, -0.25) is 9.36 Å². The number of hydrogen-bond donors (Lipinski definition) is 2. The number of amides is 1. The number of aliphatic hydroxyl groups excluding tert-OH is 1. The number of nitrogens with one attached hydrogen (secondary N) is 1. The van der Waals surface area contributed by atoms with E-state index in [9.17, 15) is 19.4 Å². The van der Waals surface area contributed by atoms with Crippen molar-refractivity contribution in [1.29, 1.82) is 0 Å². The van der Waals surface area contributed by atoms with Crippen LogP contribution in [0.3, 0.4) is 0 Å². The zero-order valence-electron chi connectivity index (χ0n) is 35.5. The molecule has 8 nitrogen and oxygen atoms in total. The average molecular weight is 771 g/mol. The van der Waals surface area contributed by atoms with Crippen molar-refractivity contribution < 1.29 is 32.9 Å². The molecule has 2 N–H and O–H groups in total. The first-order chi connectivity index (χ1) is 25.5. The Labute approximate surface area is 328 Å². The van der Waals surface area contributed by atoms with Crippen LogP contribution in [0.5, 0.6) is 0 Å². The molecular formula is C44H87N2O6P. The summed E-state index contributed by atoms with van der Waals surface area (Å²) in [6.45, 7) is 4.60. The summed E-state index contributed by atoms with van der Waals surface area (Å²) in [5, 5.41) is 13.7. The normalized spacial score (nSPS) is 14.6. The number of carbonyl (C=O) groups excluding carboxylic acids is 1. The third-order valence-corrected chi connectivity index (χ3v) is 10.9. The van der Waals surface area contributed by atoms with Gasteiger partial charge in [0.25, 0.3) is 7.82 Å². The second-order valence-electron chi connectivity index (χ2n) is 16.4. The standard InChI is InChI=1S/C44H87N2O6P/c1-6-8-10-12-14-16-18-19-20-21-22-23-24-25-26-28-30-32-34-36-38-44(48)45-42(41-52-53(49,50)51-40-39-46(3,4)5)43(47)37-35-33-31-29-27-17-15-13-11-9-7-2/h27,29,35,37,42-43,47H,6-26,28,30-34,36,38-41H2,1-5H3,(H-,45,48,49,50)/b29-27-,37-35+/t42-,43+/m0/s1. The SMILES string of the molecule is CCCCCCC/C=C\CC/C=C/[C@@H](O)[C@H](COP(=O)([O-])OCC[N+](C)(C)C)NC(=O)CCCCCCCCCCCCCCCCCCCCCC. The van der Waals surface area contributed by atoms with E-state index in [0.29, 0.717) is 17.4 Å². The number of hydrogen-bond acceptors (Lipinski definition) is 6. The number of aliphatic hydroxyl groups is 1. The smallest absolute Gasteiger partial charge is 0.268 e. The molecule has 1 unspecified atom stereocenters. The number of carbonyl (C=O) groups is 1. The highest BCUT2D eigenvalue weighted by Gasteiger charge is 2.23. The maximum absolute atomic E-state index is 12.8. The van der Waals surface area contributed by atoms with Crippen LogP contribution >= 0.6 is 7.82 Å². The number of unbranched alkanes of at least 4 members (excludes halogenated alkanes) is 25. The summed E-state index contributed by atoms with van der Waals surface area (Å²) in [5.74, 6) is -0.206. The zero-order valence-corrected chi connectivity index (χ0v) is 36.4. The molecule has 0 aromatic heterocycles. The molecule has 1 amide bonds. The van der Waals surface area contributed by atoms with E-state index in [1.165, 1.54) is 141 Å². The molecule has 0 saturated carbocycles. The first-order valence-electron chi connectivity index (χ1n) is 22.2. The van der Waals surface area contributed by atoms with Crippen LogP contribution in [-0.4, -0.2) is 68.5 Å². The molecular weight excluding hydrogens is 683 g/mol. The summed E-state index contributed by atoms with van der Waals surface area (Å²) in [4.78, 5) is 25.2. The van der Waals surface area contributed by atoms with Crippen LogP contribution in [-0.2, 0) is 18.4 Å². The topological polar surface area (TPSA) is 108 Å². The van der Waals surface area contributed by atoms with E-state index in [1.807, 2.05) is 27.2 Å². The van der Waals surface area contributed by atoms with Crippen molar-refractivity contribution in [3.63, 3.8) is 0 Å². The third-order valence-electron chi connectivity index (χ3n) is 9.91. The predicted octanol–water partition coefficient (Wildman–Crippen LogP) is 11.5. The van der Waals surface area contributed by atoms with Crippen LogP contribution < -0.4 is 10.2 Å². The van der Waals surface area contributed by atoms with E-state index in [2.05, 4.69) is 31.3 Å². The van der Waals surface area contributed by atoms with E-state index in [-0.39, 0.29) is 19.1 Å². The van der Waals surface area contributed by atoms with Gasteiger partial charge < -0.3 is 28.8 Å². The van der Waals surface area contributed by atoms with Crippen molar-refractivity contribution in [2.75, 3.05) is 40.9 Å². The Bertz CT molecular complexity index is 922. The Morgan fingerprint density at radius 3 is 1.53 bits per heavy atom. The van der Waals surface area contributed by atoms with Gasteiger partial charge in [0, 0.05) is 6.42 Å². The molecule has 0 aliphatic rings. The van der Waals surface area contributed by atoms with Crippen LogP contribution in [0.2, 0.25) is 0 Å². The van der Waals surface area contributed by atoms with Gasteiger partial charge in [-0.1, -0.05) is 186 Å². The van der Waals surface area contributed by atoms with E-state index < -0.39 is 20.0 Å². The number of phosphoric acid groups is 1. The highest BCUT2D eigenvalue weighted by atomic mass is 31.2. The second kappa shape index (κ2) is 36.6. The molecule has 0 aromatic carbocycles. The van der Waals surface area contributed by atoms with Crippen LogP contribution in [0, 0.1) is 0 Å². The van der Waals surface area contributed by atoms with Gasteiger partial charge in [0.2, 0.25) is 5.91 Å². The van der Waals surface area contributed by atoms with Gasteiger partial charge in [-0.05, 0) is 32.1 Å². The number of likely N-dealkylation sites (N-methyl/N-ethyl adjacent to an activating group) is 1. The Balaban J connectivity index is 4.32. The molecule has 0 fully saturated rings. The molecule has 0 rings (SSSR count). The van der Waals surface area contributed by atoms with Crippen molar-refractivity contribution in [1.82, 2.24) is 5.32 Å². The van der Waals surface area contributed by atoms with Crippen molar-refractivity contribution in [2.45, 2.75) is 212 Å². The molecule has 0 spiro atoms. The van der Waals surface area contributed by atoms with Crippen molar-refractivity contribution in [3.8, 4) is 0 Å². The fourth-order valence-electron chi connectivity index (χ4n) is 6.34. The van der Waals surface area contributed by atoms with Gasteiger partial charge in [-0.25, -0.2) is 0 Å². The quantitative estimate of drug-likeness (QED) is 0.0278. The molecule has 0 aliphatic heterocycles. The summed E-state index contributed by atoms with van der Waals surface area (Å²) in [5.41, 5.74) is 0. The van der Waals surface area contributed by atoms with Gasteiger partial charge in [0.1, 0.15) is 13.2 Å². The fourth-order valence-corrected chi connectivity index (χ4v) is 7.07. The van der Waals surface area contributed by atoms with E-state index in [4.69, 9.17) is 9.05 Å². The lowest BCUT2D eigenvalue weighted by molar-refractivity contribution is -0.870. The van der Waals surface area contributed by atoms with Crippen molar-refractivity contribution in [3.05, 3.63) is 24.3 Å². The van der Waals surface area contributed by atoms with Crippen LogP contribution in [0.1, 0.15) is 200 Å². The summed E-state index contributed by atoms with van der Waals surface area (Å²) < 4.78 is 23.1. The molecule has 3 atom stereocenters. The highest BCUT2D eigenvalue weighted by Crippen LogP contribution is 2.38. The minimum atomic E-state index is -4.59. The molecule has 53 heavy (non-hydrogen) atoms. The first-order valence-corrected chi connectivity index (χ1v) is 23.7. The number of phosphoric ester groups is 1. The monoisotopic (exact) mass is 771 g/mol. The fraction of sp³-hybridized carbons (Fsp3) is 0.886. The lowest BCUT2D eigenvalue weighted by Crippen LogP contribution is -2.45. The lowest BCUT2D eigenvalue weighted by Gasteiger charge is -2.29. The molecule has 0 aromatic rings. The number of nitrogens with zero attached hydrogens (tertiary/aromatic N) is 1. The molecule has 314 valence electrons. The first kappa shape index (κ1) is 52.0. The second-order valence-corrected chi connectivity index (χ2v) is 17.8. The maximum Gasteiger partial charge on any atom is 0.268 e. The van der Waals surface area contributed by atoms with Gasteiger partial charge in [0.15, 0.2) is 0 Å². The average Bonchev–Trinajstić information content (AvgIpc) is 3.10. The van der Waals surface area contributed by atoms with Crippen molar-refractivity contribution >= 4 is 13.7 Å². The summed E-state index contributed by atoms with van der Waals surface area (Å²) in [6.07, 6.45) is 42.3. The van der Waals surface area contributed by atoms with Crippen LogP contribution in [0.4, 0.5) is 0 Å². The van der Waals surface area contributed by atoms with E-state index in [1.54, 1.807) is 6.08 Å². The molecule has 0 aliphatic carbocycles. The Kier molecular flexibility index (Phi) is 35.9. The summed E-state index contributed by atoms with van der Waals surface area (Å²) in [6, 6.07) is -0.896. The van der Waals surface area contributed by atoms with E-state index >= 15 is 0 Å². The van der Waals surface area contributed by atoms with Gasteiger partial charge in [-0.2, -0.15) is 0 Å². The Morgan fingerprint density at radius 1 is 0.642 bits per heavy atom. The van der Waals surface area contributed by atoms with Gasteiger partial charge in [0.05, 0.1) is 39.9 Å². The summed E-state index contributed by atoms with van der Waals surface area (Å²) >= 11 is 0. The van der Waals surface area contributed by atoms with Gasteiger partial charge in [-0.15, -0.1) is 0 Å². The molecule has 0 bridgehead atoms. The highest BCUT2D eigenvalue weighted by molar-refractivity contribution is 7.45.